The number of hydrogen-bond acceptors (Lipinski definition) is 4. The molecule has 0 aliphatic heterocycles. The molecule has 0 saturated carbocycles. The van der Waals surface area contributed by atoms with Gasteiger partial charge in [0.2, 0.25) is 0 Å². The van der Waals surface area contributed by atoms with Crippen LogP contribution < -0.4 is 10.2 Å². The lowest BCUT2D eigenvalue weighted by molar-refractivity contribution is 0.586. The first-order valence-corrected chi connectivity index (χ1v) is 7.98. The monoisotopic (exact) mass is 340 g/mol. The lowest BCUT2D eigenvalue weighted by atomic mass is 10.2. The molecule has 0 atom stereocenters. The number of nitrogens with zero attached hydrogens (tertiary/aromatic N) is 3. The summed E-state index contributed by atoms with van der Waals surface area (Å²) in [6.45, 7) is 3.51. The van der Waals surface area contributed by atoms with E-state index in [1.807, 2.05) is 25.1 Å². The SMILES string of the molecule is CCN(Cc1ccccc1)c1cc(Nc2ccc(F)cc2F)ncn1. The Kier molecular flexibility index (Phi) is 5.18. The topological polar surface area (TPSA) is 41.0 Å². The zero-order valence-corrected chi connectivity index (χ0v) is 13.8. The lowest BCUT2D eigenvalue weighted by Gasteiger charge is -2.22. The number of nitrogens with one attached hydrogen (secondary N) is 1. The van der Waals surface area contributed by atoms with Crippen molar-refractivity contribution >= 4 is 17.3 Å². The molecule has 2 aromatic carbocycles. The normalized spacial score (nSPS) is 10.5. The van der Waals surface area contributed by atoms with E-state index < -0.39 is 11.6 Å². The van der Waals surface area contributed by atoms with Crippen LogP contribution in [-0.4, -0.2) is 16.5 Å². The Bertz CT molecular complexity index is 840. The van der Waals surface area contributed by atoms with Crippen molar-refractivity contribution in [3.8, 4) is 0 Å². The van der Waals surface area contributed by atoms with Crippen LogP contribution in [0.25, 0.3) is 0 Å². The molecular formula is C19H18F2N4. The second kappa shape index (κ2) is 7.70. The van der Waals surface area contributed by atoms with Gasteiger partial charge in [0.05, 0.1) is 5.69 Å². The molecule has 0 amide bonds. The van der Waals surface area contributed by atoms with Crippen LogP contribution in [0.5, 0.6) is 0 Å². The number of hydrogen-bond donors (Lipinski definition) is 1. The van der Waals surface area contributed by atoms with Crippen molar-refractivity contribution < 1.29 is 8.78 Å². The third-order valence-electron chi connectivity index (χ3n) is 3.77. The fourth-order valence-electron chi connectivity index (χ4n) is 2.48. The summed E-state index contributed by atoms with van der Waals surface area (Å²) in [5, 5.41) is 2.86. The van der Waals surface area contributed by atoms with Crippen molar-refractivity contribution in [2.45, 2.75) is 13.5 Å². The molecule has 25 heavy (non-hydrogen) atoms. The van der Waals surface area contributed by atoms with Gasteiger partial charge in [0, 0.05) is 25.2 Å². The van der Waals surface area contributed by atoms with Crippen LogP contribution in [0.2, 0.25) is 0 Å². The van der Waals surface area contributed by atoms with E-state index in [4.69, 9.17) is 0 Å². The largest absolute Gasteiger partial charge is 0.352 e. The molecule has 1 heterocycles. The Labute approximate surface area is 145 Å². The maximum Gasteiger partial charge on any atom is 0.149 e. The molecule has 0 radical (unpaired) electrons. The molecular weight excluding hydrogens is 322 g/mol. The Morgan fingerprint density at radius 3 is 2.52 bits per heavy atom. The Balaban J connectivity index is 1.80. The maximum absolute atomic E-state index is 13.8. The summed E-state index contributed by atoms with van der Waals surface area (Å²) >= 11 is 0. The third-order valence-corrected chi connectivity index (χ3v) is 3.77. The molecule has 3 aromatic rings. The van der Waals surface area contributed by atoms with Gasteiger partial charge in [0.1, 0.15) is 29.6 Å². The van der Waals surface area contributed by atoms with E-state index in [1.165, 1.54) is 24.0 Å². The van der Waals surface area contributed by atoms with E-state index in [1.54, 1.807) is 6.07 Å². The van der Waals surface area contributed by atoms with Crippen molar-refractivity contribution in [2.24, 2.45) is 0 Å². The predicted molar refractivity (Wildman–Crippen MR) is 94.8 cm³/mol. The number of aromatic nitrogens is 2. The molecule has 128 valence electrons. The maximum atomic E-state index is 13.8. The van der Waals surface area contributed by atoms with Gasteiger partial charge in [-0.3, -0.25) is 0 Å². The van der Waals surface area contributed by atoms with Crippen molar-refractivity contribution in [3.63, 3.8) is 0 Å². The molecule has 3 rings (SSSR count). The van der Waals surface area contributed by atoms with Gasteiger partial charge in [-0.15, -0.1) is 0 Å². The summed E-state index contributed by atoms with van der Waals surface area (Å²) in [7, 11) is 0. The van der Waals surface area contributed by atoms with Crippen LogP contribution in [-0.2, 0) is 6.54 Å². The molecule has 0 unspecified atom stereocenters. The molecule has 4 nitrogen and oxygen atoms in total. The number of rotatable bonds is 6. The predicted octanol–water partition coefficient (Wildman–Crippen LogP) is 4.52. The fourth-order valence-corrected chi connectivity index (χ4v) is 2.48. The Hall–Kier alpha value is -3.02. The van der Waals surface area contributed by atoms with Gasteiger partial charge in [-0.05, 0) is 24.6 Å². The summed E-state index contributed by atoms with van der Waals surface area (Å²) < 4.78 is 26.8. The third kappa shape index (κ3) is 4.29. The minimum absolute atomic E-state index is 0.164. The highest BCUT2D eigenvalue weighted by atomic mass is 19.1. The van der Waals surface area contributed by atoms with Crippen LogP contribution >= 0.6 is 0 Å². The molecule has 0 spiro atoms. The fraction of sp³-hybridized carbons (Fsp3) is 0.158. The van der Waals surface area contributed by atoms with Crippen molar-refractivity contribution in [3.05, 3.63) is 78.1 Å². The highest BCUT2D eigenvalue weighted by molar-refractivity contribution is 5.59. The number of halogens is 2. The molecule has 0 aliphatic rings. The van der Waals surface area contributed by atoms with E-state index in [2.05, 4.69) is 32.3 Å². The zero-order chi connectivity index (χ0) is 17.6. The van der Waals surface area contributed by atoms with Crippen LogP contribution in [0, 0.1) is 11.6 Å². The summed E-state index contributed by atoms with van der Waals surface area (Å²) in [4.78, 5) is 10.5. The van der Waals surface area contributed by atoms with Gasteiger partial charge in [-0.25, -0.2) is 18.7 Å². The van der Waals surface area contributed by atoms with Crippen LogP contribution in [0.3, 0.4) is 0 Å². The second-order valence-corrected chi connectivity index (χ2v) is 5.51. The van der Waals surface area contributed by atoms with Crippen LogP contribution in [0.15, 0.2) is 60.9 Å². The summed E-state index contributed by atoms with van der Waals surface area (Å²) in [5.74, 6) is -0.114. The molecule has 0 aliphatic carbocycles. The van der Waals surface area contributed by atoms with E-state index in [9.17, 15) is 8.78 Å². The van der Waals surface area contributed by atoms with Gasteiger partial charge in [0.15, 0.2) is 0 Å². The number of anilines is 3. The average Bonchev–Trinajstić information content (AvgIpc) is 2.63. The van der Waals surface area contributed by atoms with Crippen LogP contribution in [0.1, 0.15) is 12.5 Å². The molecule has 0 bridgehead atoms. The first-order chi connectivity index (χ1) is 12.2. The van der Waals surface area contributed by atoms with Gasteiger partial charge < -0.3 is 10.2 Å². The summed E-state index contributed by atoms with van der Waals surface area (Å²) in [6, 6.07) is 15.2. The first-order valence-electron chi connectivity index (χ1n) is 7.98. The Morgan fingerprint density at radius 2 is 1.80 bits per heavy atom. The van der Waals surface area contributed by atoms with E-state index >= 15 is 0 Å². The minimum Gasteiger partial charge on any atom is -0.352 e. The first kappa shape index (κ1) is 16.8. The van der Waals surface area contributed by atoms with E-state index in [0.29, 0.717) is 12.4 Å². The Morgan fingerprint density at radius 1 is 1.00 bits per heavy atom. The molecule has 1 aromatic heterocycles. The smallest absolute Gasteiger partial charge is 0.149 e. The highest BCUT2D eigenvalue weighted by Crippen LogP contribution is 2.22. The van der Waals surface area contributed by atoms with E-state index in [0.717, 1.165) is 18.4 Å². The summed E-state index contributed by atoms with van der Waals surface area (Å²) in [5.41, 5.74) is 1.33. The van der Waals surface area contributed by atoms with Crippen molar-refractivity contribution in [1.82, 2.24) is 9.97 Å². The molecule has 6 heteroatoms. The number of benzene rings is 2. The average molecular weight is 340 g/mol. The standard InChI is InChI=1S/C19H18F2N4/c1-2-25(12-14-6-4-3-5-7-14)19-11-18(22-13-23-19)24-17-9-8-15(20)10-16(17)21/h3-11,13H,2,12H2,1H3,(H,22,23,24). The van der Waals surface area contributed by atoms with E-state index in [-0.39, 0.29) is 5.69 Å². The second-order valence-electron chi connectivity index (χ2n) is 5.51. The molecule has 0 saturated heterocycles. The lowest BCUT2D eigenvalue weighted by Crippen LogP contribution is -2.23. The molecule has 1 N–H and O–H groups in total. The van der Waals surface area contributed by atoms with Crippen LogP contribution in [0.4, 0.5) is 26.1 Å². The zero-order valence-electron chi connectivity index (χ0n) is 13.8. The van der Waals surface area contributed by atoms with Gasteiger partial charge in [0.25, 0.3) is 0 Å². The summed E-state index contributed by atoms with van der Waals surface area (Å²) in [6.07, 6.45) is 1.42. The van der Waals surface area contributed by atoms with Crippen molar-refractivity contribution in [2.75, 3.05) is 16.8 Å². The highest BCUT2D eigenvalue weighted by Gasteiger charge is 2.10. The van der Waals surface area contributed by atoms with Gasteiger partial charge >= 0.3 is 0 Å². The van der Waals surface area contributed by atoms with Crippen molar-refractivity contribution in [1.29, 1.82) is 0 Å². The van der Waals surface area contributed by atoms with Gasteiger partial charge in [-0.2, -0.15) is 0 Å². The molecule has 0 fully saturated rings. The quantitative estimate of drug-likeness (QED) is 0.716. The minimum atomic E-state index is -0.670. The van der Waals surface area contributed by atoms with Gasteiger partial charge in [-0.1, -0.05) is 30.3 Å².